The van der Waals surface area contributed by atoms with E-state index in [1.165, 1.54) is 11.1 Å². The van der Waals surface area contributed by atoms with Gasteiger partial charge in [-0.1, -0.05) is 12.1 Å². The highest BCUT2D eigenvalue weighted by atomic mass is 16.5. The number of carbonyl (C=O) groups is 1. The summed E-state index contributed by atoms with van der Waals surface area (Å²) in [6, 6.07) is 12.2. The van der Waals surface area contributed by atoms with Crippen molar-refractivity contribution in [3.05, 3.63) is 53.7 Å². The molecule has 3 unspecified atom stereocenters. The lowest BCUT2D eigenvalue weighted by molar-refractivity contribution is -0.134. The van der Waals surface area contributed by atoms with E-state index in [2.05, 4.69) is 32.9 Å². The highest BCUT2D eigenvalue weighted by Gasteiger charge is 2.45. The first-order valence-electron chi connectivity index (χ1n) is 10.4. The summed E-state index contributed by atoms with van der Waals surface area (Å²) >= 11 is 0. The Labute approximate surface area is 171 Å². The number of aromatic nitrogens is 1. The first-order chi connectivity index (χ1) is 14.2. The summed E-state index contributed by atoms with van der Waals surface area (Å²) in [5, 5.41) is 0. The molecule has 29 heavy (non-hydrogen) atoms. The fraction of sp³-hybridized carbons (Fsp3) is 0.455. The van der Waals surface area contributed by atoms with Crippen molar-refractivity contribution < 1.29 is 9.53 Å². The Balaban J connectivity index is 1.25. The van der Waals surface area contributed by atoms with Crippen molar-refractivity contribution in [1.29, 1.82) is 0 Å². The number of piperazine rings is 1. The molecule has 1 aliphatic carbocycles. The van der Waals surface area contributed by atoms with E-state index in [-0.39, 0.29) is 23.9 Å². The average Bonchev–Trinajstić information content (AvgIpc) is 3.23. The Morgan fingerprint density at radius 1 is 1.14 bits per heavy atom. The summed E-state index contributed by atoms with van der Waals surface area (Å²) in [4.78, 5) is 22.0. The summed E-state index contributed by atoms with van der Waals surface area (Å²) in [6.07, 6.45) is 3.79. The van der Waals surface area contributed by atoms with E-state index >= 15 is 0 Å². The number of nitrogens with one attached hydrogen (secondary N) is 2. The van der Waals surface area contributed by atoms with Crippen molar-refractivity contribution in [2.75, 3.05) is 38.2 Å². The van der Waals surface area contributed by atoms with Crippen molar-refractivity contribution >= 4 is 11.7 Å². The molecule has 3 atom stereocenters. The Kier molecular flexibility index (Phi) is 4.85. The minimum absolute atomic E-state index is 0.170. The fourth-order valence-electron chi connectivity index (χ4n) is 4.92. The minimum atomic E-state index is -0.170. The largest absolute Gasteiger partial charge is 0.497 e. The third-order valence-electron chi connectivity index (χ3n) is 6.51. The van der Waals surface area contributed by atoms with E-state index in [9.17, 15) is 4.79 Å². The zero-order chi connectivity index (χ0) is 19.8. The zero-order valence-electron chi connectivity index (χ0n) is 16.7. The van der Waals surface area contributed by atoms with Gasteiger partial charge in [0, 0.05) is 38.3 Å². The maximum Gasteiger partial charge on any atom is 0.241 e. The van der Waals surface area contributed by atoms with Crippen LogP contribution in [0.3, 0.4) is 0 Å². The second-order valence-corrected chi connectivity index (χ2v) is 8.01. The molecule has 152 valence electrons. The number of ether oxygens (including phenoxy) is 1. The third-order valence-corrected chi connectivity index (χ3v) is 6.51. The summed E-state index contributed by atoms with van der Waals surface area (Å²) in [7, 11) is 1.70. The molecule has 0 spiro atoms. The number of hydrazine groups is 1. The lowest BCUT2D eigenvalue weighted by Crippen LogP contribution is -2.55. The average molecular weight is 393 g/mol. The Morgan fingerprint density at radius 2 is 2.00 bits per heavy atom. The van der Waals surface area contributed by atoms with Crippen molar-refractivity contribution in [1.82, 2.24) is 20.7 Å². The van der Waals surface area contributed by atoms with Crippen molar-refractivity contribution in [2.45, 2.75) is 24.9 Å². The van der Waals surface area contributed by atoms with Crippen LogP contribution in [0.2, 0.25) is 0 Å². The van der Waals surface area contributed by atoms with Crippen LogP contribution in [-0.4, -0.2) is 55.1 Å². The van der Waals surface area contributed by atoms with E-state index < -0.39 is 0 Å². The van der Waals surface area contributed by atoms with Crippen LogP contribution in [0.25, 0.3) is 0 Å². The van der Waals surface area contributed by atoms with Crippen LogP contribution in [0.1, 0.15) is 23.6 Å². The van der Waals surface area contributed by atoms with Crippen LogP contribution in [0, 0.1) is 5.92 Å². The third kappa shape index (κ3) is 3.34. The van der Waals surface area contributed by atoms with Gasteiger partial charge in [0.15, 0.2) is 0 Å². The van der Waals surface area contributed by atoms with Crippen molar-refractivity contribution in [3.63, 3.8) is 0 Å². The fourth-order valence-corrected chi connectivity index (χ4v) is 4.92. The molecule has 3 aliphatic rings. The Bertz CT molecular complexity index is 882. The molecule has 2 fully saturated rings. The maximum absolute atomic E-state index is 13.3. The molecule has 1 aromatic heterocycles. The van der Waals surface area contributed by atoms with Crippen LogP contribution >= 0.6 is 0 Å². The van der Waals surface area contributed by atoms with Crippen LogP contribution < -0.4 is 20.5 Å². The molecule has 7 nitrogen and oxygen atoms in total. The maximum atomic E-state index is 13.3. The van der Waals surface area contributed by atoms with Gasteiger partial charge in [-0.25, -0.2) is 15.8 Å². The number of rotatable bonds is 3. The summed E-state index contributed by atoms with van der Waals surface area (Å²) in [5.41, 5.74) is 9.31. The number of anilines is 1. The zero-order valence-corrected chi connectivity index (χ0v) is 16.7. The molecule has 2 aromatic rings. The molecule has 2 saturated heterocycles. The molecule has 0 radical (unpaired) electrons. The smallest absolute Gasteiger partial charge is 0.241 e. The van der Waals surface area contributed by atoms with E-state index in [1.807, 2.05) is 35.4 Å². The summed E-state index contributed by atoms with van der Waals surface area (Å²) in [6.45, 7) is 3.11. The SMILES string of the molecule is COc1ccc2c(c1)CCC1C(C(=O)N3CCN(c4ccccn4)CC3)NNC21. The van der Waals surface area contributed by atoms with Gasteiger partial charge in [0.25, 0.3) is 0 Å². The molecule has 1 amide bonds. The number of aryl methyl sites for hydroxylation is 1. The predicted molar refractivity (Wildman–Crippen MR) is 111 cm³/mol. The number of nitrogens with zero attached hydrogens (tertiary/aromatic N) is 3. The molecule has 7 heteroatoms. The molecule has 3 heterocycles. The molecular weight excluding hydrogens is 366 g/mol. The molecule has 0 saturated carbocycles. The lowest BCUT2D eigenvalue weighted by atomic mass is 9.77. The van der Waals surface area contributed by atoms with E-state index in [0.717, 1.165) is 50.6 Å². The number of carbonyl (C=O) groups excluding carboxylic acids is 1. The minimum Gasteiger partial charge on any atom is -0.497 e. The van der Waals surface area contributed by atoms with Gasteiger partial charge in [0.2, 0.25) is 5.91 Å². The van der Waals surface area contributed by atoms with E-state index in [1.54, 1.807) is 7.11 Å². The Hall–Kier alpha value is -2.64. The van der Waals surface area contributed by atoms with Gasteiger partial charge < -0.3 is 14.5 Å². The second-order valence-electron chi connectivity index (χ2n) is 8.01. The number of hydrogen-bond acceptors (Lipinski definition) is 6. The number of hydrogen-bond donors (Lipinski definition) is 2. The second kappa shape index (κ2) is 7.65. The number of benzene rings is 1. The van der Waals surface area contributed by atoms with Crippen LogP contribution in [0.4, 0.5) is 5.82 Å². The molecule has 0 bridgehead atoms. The molecule has 5 rings (SSSR count). The predicted octanol–water partition coefficient (Wildman–Crippen LogP) is 1.52. The van der Waals surface area contributed by atoms with Gasteiger partial charge in [-0.2, -0.15) is 0 Å². The highest BCUT2D eigenvalue weighted by Crippen LogP contribution is 2.40. The first-order valence-corrected chi connectivity index (χ1v) is 10.4. The number of methoxy groups -OCH3 is 1. The number of fused-ring (bicyclic) bond motifs is 3. The van der Waals surface area contributed by atoms with Gasteiger partial charge in [0.05, 0.1) is 13.2 Å². The van der Waals surface area contributed by atoms with Crippen LogP contribution in [0.15, 0.2) is 42.6 Å². The Morgan fingerprint density at radius 3 is 2.76 bits per heavy atom. The number of pyridine rings is 1. The monoisotopic (exact) mass is 393 g/mol. The highest BCUT2D eigenvalue weighted by molar-refractivity contribution is 5.83. The molecule has 1 aromatic carbocycles. The van der Waals surface area contributed by atoms with E-state index in [4.69, 9.17) is 4.74 Å². The first kappa shape index (κ1) is 18.4. The topological polar surface area (TPSA) is 69.7 Å². The van der Waals surface area contributed by atoms with Gasteiger partial charge in [-0.3, -0.25) is 4.79 Å². The van der Waals surface area contributed by atoms with Crippen molar-refractivity contribution in [2.24, 2.45) is 5.92 Å². The quantitative estimate of drug-likeness (QED) is 0.824. The molecule has 2 N–H and O–H groups in total. The van der Waals surface area contributed by atoms with Gasteiger partial charge in [-0.05, 0) is 48.2 Å². The van der Waals surface area contributed by atoms with Crippen LogP contribution in [-0.2, 0) is 11.2 Å². The molecular formula is C22H27N5O2. The lowest BCUT2D eigenvalue weighted by Gasteiger charge is -2.37. The summed E-state index contributed by atoms with van der Waals surface area (Å²) in [5.74, 6) is 2.37. The molecule has 2 aliphatic heterocycles. The normalized spacial score (nSPS) is 26.0. The van der Waals surface area contributed by atoms with Gasteiger partial charge in [0.1, 0.15) is 17.6 Å². The van der Waals surface area contributed by atoms with E-state index in [0.29, 0.717) is 0 Å². The summed E-state index contributed by atoms with van der Waals surface area (Å²) < 4.78 is 5.37. The standard InChI is InChI=1S/C22H27N5O2/c1-29-16-6-8-17-15(14-16)5-7-18-20(17)24-25-21(18)22(28)27-12-10-26(11-13-27)19-4-2-3-9-23-19/h2-4,6,8-9,14,18,20-21,24-25H,5,7,10-13H2,1H3. The van der Waals surface area contributed by atoms with Crippen LogP contribution in [0.5, 0.6) is 5.75 Å². The van der Waals surface area contributed by atoms with Crippen molar-refractivity contribution in [3.8, 4) is 5.75 Å². The van der Waals surface area contributed by atoms with Gasteiger partial charge >= 0.3 is 0 Å². The van der Waals surface area contributed by atoms with Gasteiger partial charge in [-0.15, -0.1) is 0 Å². The number of amides is 1.